The van der Waals surface area contributed by atoms with Gasteiger partial charge in [0.1, 0.15) is 0 Å². The molecule has 9 heteroatoms. The molecule has 0 saturated carbocycles. The fourth-order valence-corrected chi connectivity index (χ4v) is 2.94. The number of morpholine rings is 1. The Morgan fingerprint density at radius 1 is 1.25 bits per heavy atom. The van der Waals surface area contributed by atoms with E-state index in [0.717, 1.165) is 32.0 Å². The molecule has 2 amide bonds. The average molecular weight is 394 g/mol. The lowest BCUT2D eigenvalue weighted by atomic mass is 10.1. The second-order valence-electron chi connectivity index (χ2n) is 6.76. The minimum Gasteiger partial charge on any atom is -0.478 e. The molecule has 2 saturated heterocycles. The van der Waals surface area contributed by atoms with Crippen LogP contribution in [0.4, 0.5) is 0 Å². The van der Waals surface area contributed by atoms with Crippen molar-refractivity contribution in [3.8, 4) is 0 Å². The molecule has 9 nitrogen and oxygen atoms in total. The van der Waals surface area contributed by atoms with Crippen LogP contribution < -0.4 is 0 Å². The number of hydrogen-bond donors (Lipinski definition) is 1. The minimum absolute atomic E-state index is 0.0705. The smallest absolute Gasteiger partial charge is 0.348 e. The minimum atomic E-state index is -1.70. The first-order valence-electron chi connectivity index (χ1n) is 9.17. The van der Waals surface area contributed by atoms with Crippen molar-refractivity contribution in [2.75, 3.05) is 26.2 Å². The zero-order valence-corrected chi connectivity index (χ0v) is 16.3. The molecular formula is C19H26N2O7. The zero-order valence-electron chi connectivity index (χ0n) is 16.3. The van der Waals surface area contributed by atoms with Crippen molar-refractivity contribution in [2.45, 2.75) is 45.8 Å². The highest BCUT2D eigenvalue weighted by Crippen LogP contribution is 2.20. The van der Waals surface area contributed by atoms with Crippen LogP contribution in [0.25, 0.3) is 0 Å². The molecule has 154 valence electrons. The Morgan fingerprint density at radius 3 is 2.46 bits per heavy atom. The molecule has 2 aliphatic heterocycles. The van der Waals surface area contributed by atoms with Crippen molar-refractivity contribution < 1.29 is 33.8 Å². The van der Waals surface area contributed by atoms with Gasteiger partial charge in [0.2, 0.25) is 12.0 Å². The molecular weight excluding hydrogens is 368 g/mol. The molecule has 0 aromatic rings. The summed E-state index contributed by atoms with van der Waals surface area (Å²) in [5.41, 5.74) is 1.39. The number of esters is 1. The van der Waals surface area contributed by atoms with Gasteiger partial charge in [-0.2, -0.15) is 0 Å². The summed E-state index contributed by atoms with van der Waals surface area (Å²) in [5, 5.41) is 9.28. The first kappa shape index (κ1) is 21.6. The van der Waals surface area contributed by atoms with E-state index < -0.39 is 30.1 Å². The highest BCUT2D eigenvalue weighted by Gasteiger charge is 2.42. The number of ether oxygens (including phenoxy) is 2. The Bertz CT molecular complexity index is 709. The average Bonchev–Trinajstić information content (AvgIpc) is 2.57. The predicted octanol–water partition coefficient (Wildman–Crippen LogP) is 0.703. The Kier molecular flexibility index (Phi) is 7.33. The van der Waals surface area contributed by atoms with Gasteiger partial charge < -0.3 is 24.4 Å². The van der Waals surface area contributed by atoms with Gasteiger partial charge in [-0.25, -0.2) is 4.79 Å². The van der Waals surface area contributed by atoms with Crippen molar-refractivity contribution in [1.29, 1.82) is 0 Å². The summed E-state index contributed by atoms with van der Waals surface area (Å²) in [4.78, 5) is 50.4. The number of carbonyl (C=O) groups is 4. The topological polar surface area (TPSA) is 113 Å². The number of carboxylic acids is 1. The summed E-state index contributed by atoms with van der Waals surface area (Å²) < 4.78 is 10.0. The van der Waals surface area contributed by atoms with Crippen LogP contribution in [0.2, 0.25) is 0 Å². The number of amides is 2. The van der Waals surface area contributed by atoms with Crippen LogP contribution in [0.15, 0.2) is 23.4 Å². The van der Waals surface area contributed by atoms with Gasteiger partial charge in [0.05, 0.1) is 6.61 Å². The standard InChI is InChI=1S/C19H26N2O7/c1-12(6-4-7-15(23)20-8-5-9-20)13(2)21-10-11-27-16(18(21)24)17(19(25)26)28-14(3)22/h4,6,16-17H,5,7-11H2,1-3H3,(H,25,26)/b6-4-,13-12+/t16-,17-/m1/s1. The summed E-state index contributed by atoms with van der Waals surface area (Å²) in [5.74, 6) is -2.76. The quantitative estimate of drug-likeness (QED) is 0.499. The lowest BCUT2D eigenvalue weighted by Crippen LogP contribution is -2.54. The van der Waals surface area contributed by atoms with E-state index in [1.807, 2.05) is 0 Å². The third kappa shape index (κ3) is 5.19. The van der Waals surface area contributed by atoms with Crippen molar-refractivity contribution >= 4 is 23.8 Å². The summed E-state index contributed by atoms with van der Waals surface area (Å²) in [6.07, 6.45) is 1.74. The number of carbonyl (C=O) groups excluding carboxylic acids is 3. The van der Waals surface area contributed by atoms with Crippen molar-refractivity contribution in [1.82, 2.24) is 9.80 Å². The molecule has 0 aliphatic carbocycles. The maximum Gasteiger partial charge on any atom is 0.348 e. The molecule has 0 unspecified atom stereocenters. The number of rotatable bonds is 7. The summed E-state index contributed by atoms with van der Waals surface area (Å²) in [6.45, 7) is 6.59. The molecule has 2 atom stereocenters. The number of carboxylic acid groups (broad SMARTS) is 1. The van der Waals surface area contributed by atoms with Gasteiger partial charge in [0, 0.05) is 38.7 Å². The number of aliphatic carboxylic acids is 1. The van der Waals surface area contributed by atoms with E-state index >= 15 is 0 Å². The van der Waals surface area contributed by atoms with Gasteiger partial charge >= 0.3 is 11.9 Å². The summed E-state index contributed by atoms with van der Waals surface area (Å²) in [7, 11) is 0. The van der Waals surface area contributed by atoms with Gasteiger partial charge in [-0.1, -0.05) is 12.2 Å². The SMILES string of the molecule is CC(=O)O[C@@H](C(=O)O)[C@H]1OCCN(/C(C)=C(C)/C=C\CC(=O)N2CCC2)C1=O. The van der Waals surface area contributed by atoms with E-state index in [2.05, 4.69) is 0 Å². The Hall–Kier alpha value is -2.68. The van der Waals surface area contributed by atoms with Crippen LogP contribution in [0.1, 0.15) is 33.6 Å². The van der Waals surface area contributed by atoms with E-state index in [1.165, 1.54) is 4.90 Å². The third-order valence-electron chi connectivity index (χ3n) is 4.78. The zero-order chi connectivity index (χ0) is 20.8. The monoisotopic (exact) mass is 394 g/mol. The highest BCUT2D eigenvalue weighted by atomic mass is 16.6. The van der Waals surface area contributed by atoms with E-state index in [1.54, 1.807) is 30.9 Å². The van der Waals surface area contributed by atoms with Crippen LogP contribution in [-0.2, 0) is 28.7 Å². The number of likely N-dealkylation sites (tertiary alicyclic amines) is 1. The summed E-state index contributed by atoms with van der Waals surface area (Å²) >= 11 is 0. The number of allylic oxidation sites excluding steroid dienone is 3. The maximum absolute atomic E-state index is 12.7. The largest absolute Gasteiger partial charge is 0.478 e. The van der Waals surface area contributed by atoms with Gasteiger partial charge in [-0.15, -0.1) is 0 Å². The Balaban J connectivity index is 2.07. The molecule has 2 rings (SSSR count). The van der Waals surface area contributed by atoms with Crippen molar-refractivity contribution in [2.24, 2.45) is 0 Å². The Labute approximate surface area is 163 Å². The molecule has 2 heterocycles. The predicted molar refractivity (Wildman–Crippen MR) is 98.0 cm³/mol. The Morgan fingerprint density at radius 2 is 1.93 bits per heavy atom. The molecule has 2 fully saturated rings. The number of hydrogen-bond acceptors (Lipinski definition) is 6. The van der Waals surface area contributed by atoms with E-state index in [4.69, 9.17) is 9.47 Å². The normalized spacial score (nSPS) is 21.8. The van der Waals surface area contributed by atoms with Crippen LogP contribution in [0.3, 0.4) is 0 Å². The molecule has 0 aromatic heterocycles. The van der Waals surface area contributed by atoms with Crippen LogP contribution in [0, 0.1) is 0 Å². The summed E-state index contributed by atoms with van der Waals surface area (Å²) in [6, 6.07) is 0. The molecule has 0 aromatic carbocycles. The fraction of sp³-hybridized carbons (Fsp3) is 0.579. The lowest BCUT2D eigenvalue weighted by Gasteiger charge is -2.35. The maximum atomic E-state index is 12.7. The second-order valence-corrected chi connectivity index (χ2v) is 6.76. The van der Waals surface area contributed by atoms with Crippen LogP contribution in [0.5, 0.6) is 0 Å². The lowest BCUT2D eigenvalue weighted by molar-refractivity contribution is -0.183. The van der Waals surface area contributed by atoms with Gasteiger partial charge in [-0.05, 0) is 25.8 Å². The fourth-order valence-electron chi connectivity index (χ4n) is 2.94. The van der Waals surface area contributed by atoms with Gasteiger partial charge in [-0.3, -0.25) is 14.4 Å². The van der Waals surface area contributed by atoms with Gasteiger partial charge in [0.25, 0.3) is 5.91 Å². The molecule has 28 heavy (non-hydrogen) atoms. The molecule has 0 radical (unpaired) electrons. The van der Waals surface area contributed by atoms with Crippen molar-refractivity contribution in [3.63, 3.8) is 0 Å². The molecule has 0 bridgehead atoms. The third-order valence-corrected chi connectivity index (χ3v) is 4.78. The molecule has 0 spiro atoms. The first-order valence-corrected chi connectivity index (χ1v) is 9.17. The van der Waals surface area contributed by atoms with Crippen LogP contribution >= 0.6 is 0 Å². The second kappa shape index (κ2) is 9.50. The van der Waals surface area contributed by atoms with Crippen LogP contribution in [-0.4, -0.2) is 77.1 Å². The van der Waals surface area contributed by atoms with Crippen molar-refractivity contribution in [3.05, 3.63) is 23.4 Å². The number of nitrogens with zero attached hydrogens (tertiary/aromatic N) is 2. The molecule has 2 aliphatic rings. The van der Waals surface area contributed by atoms with E-state index in [9.17, 15) is 24.3 Å². The molecule has 1 N–H and O–H groups in total. The highest BCUT2D eigenvalue weighted by molar-refractivity contribution is 5.90. The van der Waals surface area contributed by atoms with E-state index in [-0.39, 0.29) is 25.5 Å². The van der Waals surface area contributed by atoms with E-state index in [0.29, 0.717) is 5.70 Å². The van der Waals surface area contributed by atoms with Gasteiger partial charge in [0.15, 0.2) is 6.10 Å². The first-order chi connectivity index (χ1) is 13.2.